The molecule has 0 amide bonds. The summed E-state index contributed by atoms with van der Waals surface area (Å²) >= 11 is 6.17. The summed E-state index contributed by atoms with van der Waals surface area (Å²) in [6.07, 6.45) is 3.83. The van der Waals surface area contributed by atoms with E-state index < -0.39 is 0 Å². The Morgan fingerprint density at radius 3 is 2.64 bits per heavy atom. The third kappa shape index (κ3) is 1.79. The van der Waals surface area contributed by atoms with E-state index in [4.69, 9.17) is 17.3 Å². The molecule has 2 N–H and O–H groups in total. The van der Waals surface area contributed by atoms with Crippen LogP contribution in [0.1, 0.15) is 36.4 Å². The van der Waals surface area contributed by atoms with Gasteiger partial charge in [0, 0.05) is 11.1 Å². The van der Waals surface area contributed by atoms with Gasteiger partial charge in [-0.05, 0) is 42.9 Å². The van der Waals surface area contributed by atoms with Gasteiger partial charge >= 0.3 is 0 Å². The molecule has 1 saturated carbocycles. The maximum absolute atomic E-state index is 6.17. The summed E-state index contributed by atoms with van der Waals surface area (Å²) in [5, 5.41) is 0.824. The molecule has 0 bridgehead atoms. The van der Waals surface area contributed by atoms with Crippen LogP contribution in [0.4, 0.5) is 0 Å². The number of benzene rings is 1. The van der Waals surface area contributed by atoms with Crippen LogP contribution in [0, 0.1) is 12.8 Å². The van der Waals surface area contributed by atoms with Gasteiger partial charge in [0.2, 0.25) is 0 Å². The predicted molar refractivity (Wildman–Crippen MR) is 60.5 cm³/mol. The highest BCUT2D eigenvalue weighted by molar-refractivity contribution is 6.31. The van der Waals surface area contributed by atoms with Crippen molar-refractivity contribution in [3.8, 4) is 0 Å². The number of hydrogen-bond donors (Lipinski definition) is 1. The van der Waals surface area contributed by atoms with Gasteiger partial charge in [-0.3, -0.25) is 0 Å². The number of halogens is 1. The first-order valence-electron chi connectivity index (χ1n) is 5.20. The Bertz CT molecular complexity index is 331. The number of rotatable bonds is 2. The van der Waals surface area contributed by atoms with E-state index in [0.29, 0.717) is 5.92 Å². The lowest BCUT2D eigenvalue weighted by atomic mass is 9.77. The van der Waals surface area contributed by atoms with Crippen LogP contribution in [-0.2, 0) is 0 Å². The Morgan fingerprint density at radius 1 is 1.43 bits per heavy atom. The molecule has 1 aromatic rings. The van der Waals surface area contributed by atoms with Gasteiger partial charge in [-0.1, -0.05) is 30.2 Å². The van der Waals surface area contributed by atoms with Crippen LogP contribution in [0.25, 0.3) is 0 Å². The van der Waals surface area contributed by atoms with Gasteiger partial charge in [0.1, 0.15) is 0 Å². The molecular formula is C12H16ClN. The molecule has 1 aliphatic rings. The second-order valence-corrected chi connectivity index (χ2v) is 4.65. The molecule has 1 nitrogen and oxygen atoms in total. The van der Waals surface area contributed by atoms with Gasteiger partial charge < -0.3 is 5.73 Å². The minimum atomic E-state index is 0.136. The van der Waals surface area contributed by atoms with E-state index in [2.05, 4.69) is 12.1 Å². The normalized spacial score (nSPS) is 19.1. The zero-order chi connectivity index (χ0) is 10.1. The van der Waals surface area contributed by atoms with Crippen LogP contribution in [0.3, 0.4) is 0 Å². The van der Waals surface area contributed by atoms with E-state index in [1.165, 1.54) is 24.8 Å². The highest BCUT2D eigenvalue weighted by Crippen LogP contribution is 2.38. The highest BCUT2D eigenvalue weighted by Gasteiger charge is 2.26. The van der Waals surface area contributed by atoms with E-state index >= 15 is 0 Å². The summed E-state index contributed by atoms with van der Waals surface area (Å²) in [5.74, 6) is 0.648. The van der Waals surface area contributed by atoms with Crippen LogP contribution in [0.15, 0.2) is 18.2 Å². The monoisotopic (exact) mass is 209 g/mol. The van der Waals surface area contributed by atoms with Gasteiger partial charge in [0.25, 0.3) is 0 Å². The van der Waals surface area contributed by atoms with Crippen molar-refractivity contribution in [3.63, 3.8) is 0 Å². The molecule has 2 rings (SSSR count). The van der Waals surface area contributed by atoms with Crippen molar-refractivity contribution in [2.75, 3.05) is 0 Å². The summed E-state index contributed by atoms with van der Waals surface area (Å²) < 4.78 is 0. The van der Waals surface area contributed by atoms with Crippen LogP contribution in [0.2, 0.25) is 5.02 Å². The SMILES string of the molecule is Cc1ccc([C@H](N)C2CCC2)c(Cl)c1. The lowest BCUT2D eigenvalue weighted by Crippen LogP contribution is -2.27. The quantitative estimate of drug-likeness (QED) is 0.794. The van der Waals surface area contributed by atoms with Crippen LogP contribution < -0.4 is 5.73 Å². The van der Waals surface area contributed by atoms with E-state index in [1.807, 2.05) is 13.0 Å². The minimum absolute atomic E-state index is 0.136. The minimum Gasteiger partial charge on any atom is -0.324 e. The zero-order valence-electron chi connectivity index (χ0n) is 8.46. The summed E-state index contributed by atoms with van der Waals surface area (Å²) in [6.45, 7) is 2.05. The summed E-state index contributed by atoms with van der Waals surface area (Å²) in [6, 6.07) is 6.28. The van der Waals surface area contributed by atoms with Gasteiger partial charge in [-0.25, -0.2) is 0 Å². The molecule has 0 aliphatic heterocycles. The number of aryl methyl sites for hydroxylation is 1. The van der Waals surface area contributed by atoms with Crippen LogP contribution >= 0.6 is 11.6 Å². The van der Waals surface area contributed by atoms with Gasteiger partial charge in [0.15, 0.2) is 0 Å². The maximum Gasteiger partial charge on any atom is 0.0456 e. The summed E-state index contributed by atoms with van der Waals surface area (Å²) in [7, 11) is 0. The maximum atomic E-state index is 6.17. The largest absolute Gasteiger partial charge is 0.324 e. The van der Waals surface area contributed by atoms with Crippen molar-refractivity contribution in [1.82, 2.24) is 0 Å². The molecule has 1 atom stereocenters. The fourth-order valence-electron chi connectivity index (χ4n) is 1.96. The van der Waals surface area contributed by atoms with Gasteiger partial charge in [-0.2, -0.15) is 0 Å². The second kappa shape index (κ2) is 3.92. The second-order valence-electron chi connectivity index (χ2n) is 4.24. The van der Waals surface area contributed by atoms with Crippen molar-refractivity contribution in [2.24, 2.45) is 11.7 Å². The Labute approximate surface area is 90.3 Å². The van der Waals surface area contributed by atoms with Gasteiger partial charge in [0.05, 0.1) is 0 Å². The van der Waals surface area contributed by atoms with Crippen molar-refractivity contribution >= 4 is 11.6 Å². The molecule has 0 unspecified atom stereocenters. The third-order valence-corrected chi connectivity index (χ3v) is 3.50. The van der Waals surface area contributed by atoms with Crippen molar-refractivity contribution in [3.05, 3.63) is 34.3 Å². The third-order valence-electron chi connectivity index (χ3n) is 3.17. The zero-order valence-corrected chi connectivity index (χ0v) is 9.22. The molecule has 0 heterocycles. The first-order valence-corrected chi connectivity index (χ1v) is 5.58. The Kier molecular flexibility index (Phi) is 2.80. The predicted octanol–water partition coefficient (Wildman–Crippen LogP) is 3.45. The molecule has 0 saturated heterocycles. The molecule has 1 aromatic carbocycles. The fourth-order valence-corrected chi connectivity index (χ4v) is 2.32. The number of hydrogen-bond acceptors (Lipinski definition) is 1. The molecule has 2 heteroatoms. The van der Waals surface area contributed by atoms with E-state index in [0.717, 1.165) is 10.6 Å². The smallest absolute Gasteiger partial charge is 0.0456 e. The molecule has 76 valence electrons. The van der Waals surface area contributed by atoms with Crippen LogP contribution in [0.5, 0.6) is 0 Å². The Hall–Kier alpha value is -0.530. The topological polar surface area (TPSA) is 26.0 Å². The van der Waals surface area contributed by atoms with E-state index in [9.17, 15) is 0 Å². The van der Waals surface area contributed by atoms with Crippen LogP contribution in [-0.4, -0.2) is 0 Å². The van der Waals surface area contributed by atoms with Crippen molar-refractivity contribution in [2.45, 2.75) is 32.2 Å². The lowest BCUT2D eigenvalue weighted by Gasteiger charge is -2.32. The van der Waals surface area contributed by atoms with Crippen molar-refractivity contribution in [1.29, 1.82) is 0 Å². The average molecular weight is 210 g/mol. The van der Waals surface area contributed by atoms with Crippen molar-refractivity contribution < 1.29 is 0 Å². The average Bonchev–Trinajstić information content (AvgIpc) is 2.00. The molecule has 0 spiro atoms. The fraction of sp³-hybridized carbons (Fsp3) is 0.500. The molecule has 0 radical (unpaired) electrons. The highest BCUT2D eigenvalue weighted by atomic mass is 35.5. The van der Waals surface area contributed by atoms with Gasteiger partial charge in [-0.15, -0.1) is 0 Å². The number of nitrogens with two attached hydrogens (primary N) is 1. The molecular weight excluding hydrogens is 194 g/mol. The summed E-state index contributed by atoms with van der Waals surface area (Å²) in [4.78, 5) is 0. The first-order chi connectivity index (χ1) is 6.68. The Morgan fingerprint density at radius 2 is 2.14 bits per heavy atom. The lowest BCUT2D eigenvalue weighted by molar-refractivity contribution is 0.264. The standard InChI is InChI=1S/C12H16ClN/c1-8-5-6-10(11(13)7-8)12(14)9-3-2-4-9/h5-7,9,12H,2-4,14H2,1H3/t12-/m1/s1. The first kappa shape index (κ1) is 10.0. The molecule has 0 aromatic heterocycles. The van der Waals surface area contributed by atoms with E-state index in [1.54, 1.807) is 0 Å². The molecule has 1 fully saturated rings. The van der Waals surface area contributed by atoms with E-state index in [-0.39, 0.29) is 6.04 Å². The molecule has 1 aliphatic carbocycles. The molecule has 14 heavy (non-hydrogen) atoms. The Balaban J connectivity index is 2.22. The summed E-state index contributed by atoms with van der Waals surface area (Å²) in [5.41, 5.74) is 8.47.